The highest BCUT2D eigenvalue weighted by atomic mass is 19.1. The summed E-state index contributed by atoms with van der Waals surface area (Å²) < 4.78 is 16.6. The van der Waals surface area contributed by atoms with Gasteiger partial charge in [-0.2, -0.15) is 4.98 Å². The zero-order chi connectivity index (χ0) is 25.1. The molecule has 0 aliphatic carbocycles. The van der Waals surface area contributed by atoms with Crippen LogP contribution in [0.4, 0.5) is 10.3 Å². The lowest BCUT2D eigenvalue weighted by Gasteiger charge is -2.34. The average Bonchev–Trinajstić information content (AvgIpc) is 2.84. The van der Waals surface area contributed by atoms with Gasteiger partial charge in [-0.1, -0.05) is 18.7 Å². The largest absolute Gasteiger partial charge is 0.348 e. The van der Waals surface area contributed by atoms with E-state index < -0.39 is 0 Å². The van der Waals surface area contributed by atoms with Gasteiger partial charge in [-0.05, 0) is 44.5 Å². The molecule has 3 heterocycles. The first-order chi connectivity index (χ1) is 16.8. The van der Waals surface area contributed by atoms with Gasteiger partial charge >= 0.3 is 0 Å². The van der Waals surface area contributed by atoms with Gasteiger partial charge in [-0.3, -0.25) is 19.1 Å². The Morgan fingerprint density at radius 3 is 2.57 bits per heavy atom. The molecule has 35 heavy (non-hydrogen) atoms. The number of benzene rings is 1. The van der Waals surface area contributed by atoms with Gasteiger partial charge in [0.25, 0.3) is 5.56 Å². The van der Waals surface area contributed by atoms with Crippen LogP contribution in [0.1, 0.15) is 44.0 Å². The molecule has 4 rings (SSSR count). The fourth-order valence-electron chi connectivity index (χ4n) is 4.34. The third kappa shape index (κ3) is 5.40. The molecule has 1 N–H and O–H groups in total. The molecule has 0 unspecified atom stereocenters. The van der Waals surface area contributed by atoms with Crippen LogP contribution in [-0.2, 0) is 11.3 Å². The van der Waals surface area contributed by atoms with Gasteiger partial charge in [0.05, 0.1) is 6.04 Å². The van der Waals surface area contributed by atoms with Crippen molar-refractivity contribution in [2.45, 2.75) is 39.4 Å². The summed E-state index contributed by atoms with van der Waals surface area (Å²) in [4.78, 5) is 36.9. The predicted octanol–water partition coefficient (Wildman–Crippen LogP) is 3.51. The van der Waals surface area contributed by atoms with E-state index in [0.29, 0.717) is 49.9 Å². The summed E-state index contributed by atoms with van der Waals surface area (Å²) in [6.07, 6.45) is 3.01. The molecule has 1 atom stereocenters. The van der Waals surface area contributed by atoms with E-state index in [1.54, 1.807) is 21.7 Å². The van der Waals surface area contributed by atoms with Gasteiger partial charge in [-0.25, -0.2) is 9.37 Å². The summed E-state index contributed by atoms with van der Waals surface area (Å²) in [5, 5.41) is 4.00. The number of hydrogen-bond acceptors (Lipinski definition) is 6. The van der Waals surface area contributed by atoms with E-state index >= 15 is 0 Å². The first-order valence-corrected chi connectivity index (χ1v) is 11.8. The number of aromatic nitrogens is 3. The number of carbonyl (C=O) groups is 1. The van der Waals surface area contributed by atoms with Crippen molar-refractivity contribution in [2.75, 3.05) is 31.5 Å². The minimum absolute atomic E-state index is 0.0431. The Kier molecular flexibility index (Phi) is 7.25. The minimum atomic E-state index is -0.270. The van der Waals surface area contributed by atoms with Crippen molar-refractivity contribution < 1.29 is 9.18 Å². The monoisotopic (exact) mass is 478 g/mol. The standard InChI is InChI=1S/C26H31FN6O2/c1-5-23(34)32-12-10-31(11-13-32)16-21-7-6-19(14-22(21)27)18(4)29-26-28-15-20-8-9-24(35)33(17(2)3)25(20)30-26/h5-9,14-15,17-18H,1,10-13,16H2,2-4H3,(H,28,29,30)/t18-/m0/s1. The number of hydrogen-bond donors (Lipinski definition) is 1. The Morgan fingerprint density at radius 1 is 1.17 bits per heavy atom. The number of pyridine rings is 1. The number of anilines is 1. The third-order valence-electron chi connectivity index (χ3n) is 6.36. The Hall–Kier alpha value is -3.59. The van der Waals surface area contributed by atoms with Gasteiger partial charge in [0.2, 0.25) is 11.9 Å². The maximum Gasteiger partial charge on any atom is 0.252 e. The van der Waals surface area contributed by atoms with E-state index in [2.05, 4.69) is 26.8 Å². The molecule has 0 radical (unpaired) electrons. The lowest BCUT2D eigenvalue weighted by molar-refractivity contribution is -0.127. The number of amides is 1. The lowest BCUT2D eigenvalue weighted by Crippen LogP contribution is -2.47. The van der Waals surface area contributed by atoms with Gasteiger partial charge in [0, 0.05) is 62.0 Å². The van der Waals surface area contributed by atoms with Crippen LogP contribution in [0.5, 0.6) is 0 Å². The van der Waals surface area contributed by atoms with E-state index in [0.717, 1.165) is 10.9 Å². The zero-order valence-electron chi connectivity index (χ0n) is 20.4. The second kappa shape index (κ2) is 10.4. The van der Waals surface area contributed by atoms with Gasteiger partial charge in [0.1, 0.15) is 11.5 Å². The van der Waals surface area contributed by atoms with Crippen LogP contribution in [-0.4, -0.2) is 56.4 Å². The van der Waals surface area contributed by atoms with Gasteiger partial charge in [-0.15, -0.1) is 0 Å². The molecule has 0 bridgehead atoms. The summed E-state index contributed by atoms with van der Waals surface area (Å²) >= 11 is 0. The molecule has 1 amide bonds. The highest BCUT2D eigenvalue weighted by Gasteiger charge is 2.21. The first kappa shape index (κ1) is 24.5. The van der Waals surface area contributed by atoms with E-state index in [1.165, 1.54) is 18.2 Å². The molecule has 0 spiro atoms. The number of carbonyl (C=O) groups excluding carboxylic acids is 1. The molecule has 1 aliphatic rings. The fourth-order valence-corrected chi connectivity index (χ4v) is 4.34. The molecule has 1 saturated heterocycles. The molecule has 0 saturated carbocycles. The summed E-state index contributed by atoms with van der Waals surface area (Å²) in [6.45, 7) is 12.4. The van der Waals surface area contributed by atoms with Crippen LogP contribution in [0.15, 0.2) is 54.0 Å². The van der Waals surface area contributed by atoms with E-state index in [9.17, 15) is 14.0 Å². The van der Waals surface area contributed by atoms with E-state index in [-0.39, 0.29) is 29.4 Å². The van der Waals surface area contributed by atoms with E-state index in [1.807, 2.05) is 32.9 Å². The molecule has 1 fully saturated rings. The number of rotatable bonds is 7. The summed E-state index contributed by atoms with van der Waals surface area (Å²) in [5.41, 5.74) is 1.84. The van der Waals surface area contributed by atoms with Crippen LogP contribution in [0, 0.1) is 5.82 Å². The van der Waals surface area contributed by atoms with Crippen molar-refractivity contribution in [3.05, 3.63) is 76.5 Å². The number of fused-ring (bicyclic) bond motifs is 1. The van der Waals surface area contributed by atoms with Crippen molar-refractivity contribution in [1.82, 2.24) is 24.3 Å². The Balaban J connectivity index is 1.45. The van der Waals surface area contributed by atoms with Crippen molar-refractivity contribution in [3.8, 4) is 0 Å². The molecular formula is C26H31FN6O2. The zero-order valence-corrected chi connectivity index (χ0v) is 20.4. The Bertz CT molecular complexity index is 1300. The maximum atomic E-state index is 15.0. The number of nitrogens with one attached hydrogen (secondary N) is 1. The lowest BCUT2D eigenvalue weighted by atomic mass is 10.0. The van der Waals surface area contributed by atoms with Crippen LogP contribution in [0.3, 0.4) is 0 Å². The molecule has 184 valence electrons. The van der Waals surface area contributed by atoms with Crippen molar-refractivity contribution in [1.29, 1.82) is 0 Å². The molecule has 1 aromatic carbocycles. The minimum Gasteiger partial charge on any atom is -0.348 e. The molecular weight excluding hydrogens is 447 g/mol. The summed E-state index contributed by atoms with van der Waals surface area (Å²) in [6, 6.07) is 8.20. The van der Waals surface area contributed by atoms with E-state index in [4.69, 9.17) is 0 Å². The van der Waals surface area contributed by atoms with Crippen LogP contribution < -0.4 is 10.9 Å². The second-order valence-corrected chi connectivity index (χ2v) is 9.13. The SMILES string of the molecule is C=CC(=O)N1CCN(Cc2ccc([C@H](C)Nc3ncc4ccc(=O)n(C(C)C)c4n3)cc2F)CC1. The normalized spacial score (nSPS) is 15.4. The highest BCUT2D eigenvalue weighted by molar-refractivity contribution is 5.87. The average molecular weight is 479 g/mol. The van der Waals surface area contributed by atoms with Crippen molar-refractivity contribution in [3.63, 3.8) is 0 Å². The van der Waals surface area contributed by atoms with Crippen LogP contribution >= 0.6 is 0 Å². The van der Waals surface area contributed by atoms with Crippen molar-refractivity contribution in [2.24, 2.45) is 0 Å². The number of halogens is 1. The highest BCUT2D eigenvalue weighted by Crippen LogP contribution is 2.22. The maximum absolute atomic E-state index is 15.0. The first-order valence-electron chi connectivity index (χ1n) is 11.8. The summed E-state index contributed by atoms with van der Waals surface area (Å²) in [7, 11) is 0. The predicted molar refractivity (Wildman–Crippen MR) is 135 cm³/mol. The van der Waals surface area contributed by atoms with Gasteiger partial charge in [0.15, 0.2) is 0 Å². The van der Waals surface area contributed by atoms with Crippen LogP contribution in [0.25, 0.3) is 11.0 Å². The number of nitrogens with zero attached hydrogens (tertiary/aromatic N) is 5. The van der Waals surface area contributed by atoms with Crippen LogP contribution in [0.2, 0.25) is 0 Å². The summed E-state index contributed by atoms with van der Waals surface area (Å²) in [5.74, 6) is 0.0415. The Labute approximate surface area is 204 Å². The quantitative estimate of drug-likeness (QED) is 0.524. The molecule has 8 nitrogen and oxygen atoms in total. The second-order valence-electron chi connectivity index (χ2n) is 9.13. The molecule has 1 aliphatic heterocycles. The molecule has 2 aromatic heterocycles. The molecule has 3 aromatic rings. The van der Waals surface area contributed by atoms with Gasteiger partial charge < -0.3 is 10.2 Å². The topological polar surface area (TPSA) is 83.4 Å². The fraction of sp³-hybridized carbons (Fsp3) is 0.385. The van der Waals surface area contributed by atoms with Crippen molar-refractivity contribution >= 4 is 22.9 Å². The third-order valence-corrected chi connectivity index (χ3v) is 6.36. The Morgan fingerprint density at radius 2 is 1.91 bits per heavy atom. The number of piperazine rings is 1. The smallest absolute Gasteiger partial charge is 0.252 e. The molecule has 9 heteroatoms.